The summed E-state index contributed by atoms with van der Waals surface area (Å²) in [6.07, 6.45) is 4.77. The molecule has 0 bridgehead atoms. The third-order valence-corrected chi connectivity index (χ3v) is 4.42. The van der Waals surface area contributed by atoms with E-state index >= 15 is 0 Å². The van der Waals surface area contributed by atoms with Gasteiger partial charge in [0.25, 0.3) is 0 Å². The first-order chi connectivity index (χ1) is 12.2. The van der Waals surface area contributed by atoms with Crippen LogP contribution in [0.25, 0.3) is 0 Å². The monoisotopic (exact) mass is 361 g/mol. The lowest BCUT2D eigenvalue weighted by molar-refractivity contribution is 0.294. The van der Waals surface area contributed by atoms with Crippen molar-refractivity contribution in [1.82, 2.24) is 20.6 Å². The lowest BCUT2D eigenvalue weighted by Gasteiger charge is -2.13. The maximum absolute atomic E-state index is 5.77. The van der Waals surface area contributed by atoms with Crippen LogP contribution in [0.1, 0.15) is 36.0 Å². The topological polar surface area (TPSA) is 71.4 Å². The average molecular weight is 362 g/mol. The van der Waals surface area contributed by atoms with Crippen molar-refractivity contribution in [3.63, 3.8) is 0 Å². The molecule has 0 saturated heterocycles. The molecule has 136 valence electrons. The van der Waals surface area contributed by atoms with Gasteiger partial charge in [0.05, 0.1) is 17.3 Å². The van der Waals surface area contributed by atoms with Crippen molar-refractivity contribution in [1.29, 1.82) is 0 Å². The standard InChI is InChI=1S/C18H27N5OS/c1-4-5-11-24-17-15(7-6-9-20-17)12-22-18(19-3)21-10-8-16-13-25-14(2)23-16/h6-7,9,13H,4-5,8,10-12H2,1-3H3,(H2,19,21,22). The Morgan fingerprint density at radius 3 is 2.96 bits per heavy atom. The Balaban J connectivity index is 1.80. The van der Waals surface area contributed by atoms with Crippen LogP contribution >= 0.6 is 11.3 Å². The molecule has 25 heavy (non-hydrogen) atoms. The van der Waals surface area contributed by atoms with Gasteiger partial charge < -0.3 is 15.4 Å². The first-order valence-electron chi connectivity index (χ1n) is 8.65. The van der Waals surface area contributed by atoms with E-state index in [1.165, 1.54) is 0 Å². The number of nitrogens with zero attached hydrogens (tertiary/aromatic N) is 3. The fourth-order valence-corrected chi connectivity index (χ4v) is 2.88. The number of guanidine groups is 1. The van der Waals surface area contributed by atoms with Gasteiger partial charge >= 0.3 is 0 Å². The van der Waals surface area contributed by atoms with E-state index in [0.29, 0.717) is 19.0 Å². The number of unbranched alkanes of at least 4 members (excludes halogenated alkanes) is 1. The highest BCUT2D eigenvalue weighted by molar-refractivity contribution is 7.09. The van der Waals surface area contributed by atoms with Crippen LogP contribution in [-0.2, 0) is 13.0 Å². The Labute approximate surface area is 153 Å². The highest BCUT2D eigenvalue weighted by atomic mass is 32.1. The molecule has 7 heteroatoms. The van der Waals surface area contributed by atoms with Gasteiger partial charge in [-0.2, -0.15) is 0 Å². The lowest BCUT2D eigenvalue weighted by Crippen LogP contribution is -2.38. The molecule has 0 spiro atoms. The summed E-state index contributed by atoms with van der Waals surface area (Å²) in [6.45, 7) is 6.27. The minimum Gasteiger partial charge on any atom is -0.477 e. The van der Waals surface area contributed by atoms with Crippen molar-refractivity contribution in [2.75, 3.05) is 20.2 Å². The molecule has 6 nitrogen and oxygen atoms in total. The molecule has 0 fully saturated rings. The molecule has 0 aliphatic carbocycles. The van der Waals surface area contributed by atoms with Gasteiger partial charge in [-0.05, 0) is 19.4 Å². The van der Waals surface area contributed by atoms with Crippen molar-refractivity contribution >= 4 is 17.3 Å². The van der Waals surface area contributed by atoms with Crippen molar-refractivity contribution in [2.45, 2.75) is 39.7 Å². The Hall–Kier alpha value is -2.15. The zero-order valence-corrected chi connectivity index (χ0v) is 16.0. The number of hydrogen-bond donors (Lipinski definition) is 2. The SMILES string of the molecule is CCCCOc1ncccc1CNC(=NC)NCCc1csc(C)n1. The molecule has 2 heterocycles. The molecular weight excluding hydrogens is 334 g/mol. The predicted octanol–water partition coefficient (Wildman–Crippen LogP) is 2.93. The van der Waals surface area contributed by atoms with Crippen molar-refractivity contribution in [2.24, 2.45) is 4.99 Å². The van der Waals surface area contributed by atoms with E-state index in [9.17, 15) is 0 Å². The van der Waals surface area contributed by atoms with E-state index < -0.39 is 0 Å². The van der Waals surface area contributed by atoms with Gasteiger partial charge in [-0.1, -0.05) is 19.4 Å². The quantitative estimate of drug-likeness (QED) is 0.408. The number of pyridine rings is 1. The number of rotatable bonds is 9. The molecule has 0 saturated carbocycles. The van der Waals surface area contributed by atoms with E-state index in [1.54, 1.807) is 24.6 Å². The van der Waals surface area contributed by atoms with Gasteiger partial charge in [-0.15, -0.1) is 11.3 Å². The molecule has 0 aliphatic heterocycles. The number of aryl methyl sites for hydroxylation is 1. The summed E-state index contributed by atoms with van der Waals surface area (Å²) in [6, 6.07) is 3.94. The second-order valence-electron chi connectivity index (χ2n) is 5.63. The summed E-state index contributed by atoms with van der Waals surface area (Å²) in [5.41, 5.74) is 2.14. The van der Waals surface area contributed by atoms with Crippen LogP contribution in [0, 0.1) is 6.92 Å². The van der Waals surface area contributed by atoms with Crippen LogP contribution in [-0.4, -0.2) is 36.1 Å². The molecule has 0 atom stereocenters. The lowest BCUT2D eigenvalue weighted by atomic mass is 10.2. The van der Waals surface area contributed by atoms with E-state index in [0.717, 1.165) is 48.0 Å². The molecule has 2 rings (SSSR count). The Morgan fingerprint density at radius 2 is 2.24 bits per heavy atom. The maximum atomic E-state index is 5.77. The van der Waals surface area contributed by atoms with Crippen LogP contribution in [0.2, 0.25) is 0 Å². The summed E-state index contributed by atoms with van der Waals surface area (Å²) in [5, 5.41) is 9.82. The van der Waals surface area contributed by atoms with Gasteiger partial charge in [0.1, 0.15) is 0 Å². The highest BCUT2D eigenvalue weighted by Crippen LogP contribution is 2.14. The first-order valence-corrected chi connectivity index (χ1v) is 9.53. The number of aliphatic imine (C=N–C) groups is 1. The Kier molecular flexibility index (Phi) is 8.18. The van der Waals surface area contributed by atoms with Crippen LogP contribution in [0.3, 0.4) is 0 Å². The third-order valence-electron chi connectivity index (χ3n) is 3.60. The van der Waals surface area contributed by atoms with Gasteiger partial charge in [0.15, 0.2) is 5.96 Å². The van der Waals surface area contributed by atoms with Crippen molar-refractivity contribution in [3.05, 3.63) is 40.0 Å². The molecule has 0 amide bonds. The van der Waals surface area contributed by atoms with Crippen LogP contribution in [0.15, 0.2) is 28.7 Å². The zero-order valence-electron chi connectivity index (χ0n) is 15.2. The largest absolute Gasteiger partial charge is 0.477 e. The maximum Gasteiger partial charge on any atom is 0.218 e. The number of hydrogen-bond acceptors (Lipinski definition) is 5. The van der Waals surface area contributed by atoms with E-state index in [-0.39, 0.29) is 0 Å². The summed E-state index contributed by atoms with van der Waals surface area (Å²) >= 11 is 1.68. The Bertz CT molecular complexity index is 671. The molecular formula is C18H27N5OS. The molecule has 0 aliphatic rings. The summed E-state index contributed by atoms with van der Waals surface area (Å²) in [4.78, 5) is 13.1. The second kappa shape index (κ2) is 10.7. The smallest absolute Gasteiger partial charge is 0.218 e. The molecule has 2 aromatic rings. The molecule has 0 radical (unpaired) electrons. The van der Waals surface area contributed by atoms with Gasteiger partial charge in [0, 0.05) is 43.7 Å². The average Bonchev–Trinajstić information content (AvgIpc) is 3.04. The highest BCUT2D eigenvalue weighted by Gasteiger charge is 2.06. The zero-order chi connectivity index (χ0) is 17.9. The van der Waals surface area contributed by atoms with E-state index in [1.807, 2.05) is 19.1 Å². The van der Waals surface area contributed by atoms with Crippen LogP contribution < -0.4 is 15.4 Å². The number of nitrogens with one attached hydrogen (secondary N) is 2. The van der Waals surface area contributed by atoms with Gasteiger partial charge in [0.2, 0.25) is 5.88 Å². The molecule has 2 aromatic heterocycles. The third kappa shape index (κ3) is 6.70. The second-order valence-corrected chi connectivity index (χ2v) is 6.69. The fraction of sp³-hybridized carbons (Fsp3) is 0.500. The van der Waals surface area contributed by atoms with Crippen molar-refractivity contribution in [3.8, 4) is 5.88 Å². The molecule has 2 N–H and O–H groups in total. The molecule has 0 aromatic carbocycles. The van der Waals surface area contributed by atoms with Crippen LogP contribution in [0.5, 0.6) is 5.88 Å². The van der Waals surface area contributed by atoms with Gasteiger partial charge in [-0.3, -0.25) is 4.99 Å². The molecule has 0 unspecified atom stereocenters. The normalized spacial score (nSPS) is 11.4. The van der Waals surface area contributed by atoms with Crippen LogP contribution in [0.4, 0.5) is 0 Å². The van der Waals surface area contributed by atoms with E-state index in [2.05, 4.69) is 37.9 Å². The summed E-state index contributed by atoms with van der Waals surface area (Å²) < 4.78 is 5.77. The Morgan fingerprint density at radius 1 is 1.36 bits per heavy atom. The first kappa shape index (κ1) is 19.2. The predicted molar refractivity (Wildman–Crippen MR) is 103 cm³/mol. The number of thiazole rings is 1. The van der Waals surface area contributed by atoms with E-state index in [4.69, 9.17) is 4.74 Å². The minimum absolute atomic E-state index is 0.616. The number of ether oxygens (including phenoxy) is 1. The summed E-state index contributed by atoms with van der Waals surface area (Å²) in [5.74, 6) is 1.45. The van der Waals surface area contributed by atoms with Gasteiger partial charge in [-0.25, -0.2) is 9.97 Å². The number of aromatic nitrogens is 2. The summed E-state index contributed by atoms with van der Waals surface area (Å²) in [7, 11) is 1.77. The van der Waals surface area contributed by atoms with Crippen molar-refractivity contribution < 1.29 is 4.74 Å². The minimum atomic E-state index is 0.616. The fourth-order valence-electron chi connectivity index (χ4n) is 2.23.